The van der Waals surface area contributed by atoms with Gasteiger partial charge in [-0.1, -0.05) is 43.2 Å². The second-order valence-corrected chi connectivity index (χ2v) is 4.70. The first-order valence-corrected chi connectivity index (χ1v) is 6.07. The third-order valence-electron chi connectivity index (χ3n) is 3.84. The zero-order valence-electron chi connectivity index (χ0n) is 10.1. The molecule has 1 unspecified atom stereocenters. The summed E-state index contributed by atoms with van der Waals surface area (Å²) in [5.74, 6) is -0.0317. The van der Waals surface area contributed by atoms with Crippen molar-refractivity contribution in [1.29, 1.82) is 5.41 Å². The van der Waals surface area contributed by atoms with Crippen LogP contribution in [0.1, 0.15) is 31.2 Å². The number of methoxy groups -OCH3 is 1. The molecule has 1 aliphatic carbocycles. The van der Waals surface area contributed by atoms with Crippen LogP contribution in [-0.4, -0.2) is 24.2 Å². The van der Waals surface area contributed by atoms with E-state index in [1.54, 1.807) is 0 Å². The minimum atomic E-state index is -0.836. The smallest absolute Gasteiger partial charge is 0.210 e. The van der Waals surface area contributed by atoms with Crippen LogP contribution in [0.5, 0.6) is 0 Å². The molecule has 1 aliphatic rings. The summed E-state index contributed by atoms with van der Waals surface area (Å²) in [6.45, 7) is 0. The van der Waals surface area contributed by atoms with Crippen molar-refractivity contribution in [1.82, 2.24) is 0 Å². The summed E-state index contributed by atoms with van der Waals surface area (Å²) in [5, 5.41) is 18.1. The van der Waals surface area contributed by atoms with E-state index in [1.165, 1.54) is 7.11 Å². The number of nitrogens with one attached hydrogen (secondary N) is 1. The topological polar surface area (TPSA) is 53.3 Å². The second-order valence-electron chi connectivity index (χ2n) is 4.70. The number of hydrogen-bond donors (Lipinski definition) is 2. The highest BCUT2D eigenvalue weighted by molar-refractivity contribution is 5.79. The van der Waals surface area contributed by atoms with Gasteiger partial charge in [0.25, 0.3) is 0 Å². The van der Waals surface area contributed by atoms with Gasteiger partial charge in [0.1, 0.15) is 6.10 Å². The van der Waals surface area contributed by atoms with Crippen molar-refractivity contribution in [2.24, 2.45) is 0 Å². The molecule has 2 N–H and O–H groups in total. The molecule has 2 rings (SSSR count). The first kappa shape index (κ1) is 12.1. The fraction of sp³-hybridized carbons (Fsp3) is 0.500. The molecule has 0 radical (unpaired) electrons. The molecule has 0 aromatic heterocycles. The van der Waals surface area contributed by atoms with Gasteiger partial charge >= 0.3 is 0 Å². The number of benzene rings is 1. The monoisotopic (exact) mass is 233 g/mol. The summed E-state index contributed by atoms with van der Waals surface area (Å²) >= 11 is 0. The van der Waals surface area contributed by atoms with E-state index in [0.29, 0.717) is 0 Å². The van der Waals surface area contributed by atoms with Crippen LogP contribution in [0.25, 0.3) is 0 Å². The standard InChI is InChI=1S/C14H19NO2/c1-17-13(15)12(16)14(9-5-6-10-14)11-7-3-2-4-8-11/h2-4,7-8,12,15-16H,5-6,9-10H2,1H3. The van der Waals surface area contributed by atoms with Crippen molar-refractivity contribution in [3.63, 3.8) is 0 Å². The van der Waals surface area contributed by atoms with Gasteiger partial charge in [0.05, 0.1) is 7.11 Å². The van der Waals surface area contributed by atoms with Crippen LogP contribution in [-0.2, 0) is 10.2 Å². The minimum absolute atomic E-state index is 0.0317. The predicted octanol–water partition coefficient (Wildman–Crippen LogP) is 2.48. The van der Waals surface area contributed by atoms with Crippen LogP contribution < -0.4 is 0 Å². The Morgan fingerprint density at radius 3 is 2.41 bits per heavy atom. The fourth-order valence-corrected chi connectivity index (χ4v) is 2.86. The highest BCUT2D eigenvalue weighted by Crippen LogP contribution is 2.44. The molecular weight excluding hydrogens is 214 g/mol. The Hall–Kier alpha value is -1.35. The average Bonchev–Trinajstić information content (AvgIpc) is 2.88. The molecule has 0 saturated heterocycles. The Balaban J connectivity index is 2.36. The van der Waals surface area contributed by atoms with Gasteiger partial charge in [0.2, 0.25) is 5.90 Å². The highest BCUT2D eigenvalue weighted by Gasteiger charge is 2.44. The van der Waals surface area contributed by atoms with Crippen molar-refractivity contribution in [3.05, 3.63) is 35.9 Å². The Kier molecular flexibility index (Phi) is 3.48. The van der Waals surface area contributed by atoms with Crippen molar-refractivity contribution < 1.29 is 9.84 Å². The lowest BCUT2D eigenvalue weighted by Crippen LogP contribution is -2.43. The van der Waals surface area contributed by atoms with Crippen LogP contribution in [0.3, 0.4) is 0 Å². The Morgan fingerprint density at radius 1 is 1.29 bits per heavy atom. The van der Waals surface area contributed by atoms with Crippen LogP contribution in [0.4, 0.5) is 0 Å². The van der Waals surface area contributed by atoms with Crippen LogP contribution in [0.15, 0.2) is 30.3 Å². The lowest BCUT2D eigenvalue weighted by Gasteiger charge is -2.34. The molecule has 1 aromatic rings. The normalized spacial score (nSPS) is 19.9. The average molecular weight is 233 g/mol. The summed E-state index contributed by atoms with van der Waals surface area (Å²) in [5.41, 5.74) is 0.792. The number of ether oxygens (including phenoxy) is 1. The van der Waals surface area contributed by atoms with E-state index in [9.17, 15) is 5.11 Å². The maximum absolute atomic E-state index is 10.4. The number of rotatable bonds is 3. The van der Waals surface area contributed by atoms with E-state index in [0.717, 1.165) is 31.2 Å². The number of hydrogen-bond acceptors (Lipinski definition) is 3. The first-order chi connectivity index (χ1) is 8.20. The van der Waals surface area contributed by atoms with Crippen LogP contribution in [0, 0.1) is 5.41 Å². The summed E-state index contributed by atoms with van der Waals surface area (Å²) in [7, 11) is 1.44. The third kappa shape index (κ3) is 2.07. The van der Waals surface area contributed by atoms with Gasteiger partial charge in [-0.05, 0) is 18.4 Å². The number of aliphatic hydroxyl groups excluding tert-OH is 1. The van der Waals surface area contributed by atoms with Crippen molar-refractivity contribution in [3.8, 4) is 0 Å². The lowest BCUT2D eigenvalue weighted by molar-refractivity contribution is 0.116. The van der Waals surface area contributed by atoms with E-state index in [1.807, 2.05) is 30.3 Å². The van der Waals surface area contributed by atoms with E-state index in [4.69, 9.17) is 10.1 Å². The Bertz CT molecular complexity index is 382. The quantitative estimate of drug-likeness (QED) is 0.622. The minimum Gasteiger partial charge on any atom is -0.483 e. The van der Waals surface area contributed by atoms with Crippen LogP contribution in [0.2, 0.25) is 0 Å². The van der Waals surface area contributed by atoms with Gasteiger partial charge in [-0.2, -0.15) is 0 Å². The SMILES string of the molecule is COC(=N)C(O)C1(c2ccccc2)CCCC1. The molecule has 0 heterocycles. The lowest BCUT2D eigenvalue weighted by atomic mass is 9.74. The largest absolute Gasteiger partial charge is 0.483 e. The molecule has 1 saturated carbocycles. The molecule has 1 aromatic carbocycles. The van der Waals surface area contributed by atoms with E-state index in [-0.39, 0.29) is 11.3 Å². The second kappa shape index (κ2) is 4.88. The molecule has 1 fully saturated rings. The van der Waals surface area contributed by atoms with E-state index < -0.39 is 6.10 Å². The summed E-state index contributed by atoms with van der Waals surface area (Å²) in [6, 6.07) is 10.0. The Labute approximate surface area is 102 Å². The Morgan fingerprint density at radius 2 is 1.88 bits per heavy atom. The molecule has 92 valence electrons. The first-order valence-electron chi connectivity index (χ1n) is 6.07. The molecule has 0 aliphatic heterocycles. The van der Waals surface area contributed by atoms with E-state index >= 15 is 0 Å². The molecule has 0 amide bonds. The van der Waals surface area contributed by atoms with Gasteiger partial charge in [-0.3, -0.25) is 5.41 Å². The zero-order valence-corrected chi connectivity index (χ0v) is 10.1. The van der Waals surface area contributed by atoms with Crippen LogP contribution >= 0.6 is 0 Å². The molecular formula is C14H19NO2. The molecule has 1 atom stereocenters. The fourth-order valence-electron chi connectivity index (χ4n) is 2.86. The summed E-state index contributed by atoms with van der Waals surface area (Å²) in [4.78, 5) is 0. The number of aliphatic hydroxyl groups is 1. The summed E-state index contributed by atoms with van der Waals surface area (Å²) in [6.07, 6.45) is 3.21. The van der Waals surface area contributed by atoms with Crippen molar-refractivity contribution >= 4 is 5.90 Å². The molecule has 3 heteroatoms. The maximum Gasteiger partial charge on any atom is 0.210 e. The van der Waals surface area contributed by atoms with Gasteiger partial charge in [0.15, 0.2) is 0 Å². The third-order valence-corrected chi connectivity index (χ3v) is 3.84. The molecule has 0 spiro atoms. The predicted molar refractivity (Wildman–Crippen MR) is 67.3 cm³/mol. The van der Waals surface area contributed by atoms with Gasteiger partial charge in [-0.25, -0.2) is 0 Å². The van der Waals surface area contributed by atoms with E-state index in [2.05, 4.69) is 0 Å². The molecule has 0 bridgehead atoms. The van der Waals surface area contributed by atoms with Gasteiger partial charge in [-0.15, -0.1) is 0 Å². The van der Waals surface area contributed by atoms with Crippen molar-refractivity contribution in [2.75, 3.05) is 7.11 Å². The zero-order chi connectivity index (χ0) is 12.3. The molecule has 3 nitrogen and oxygen atoms in total. The molecule has 17 heavy (non-hydrogen) atoms. The van der Waals surface area contributed by atoms with Crippen molar-refractivity contribution in [2.45, 2.75) is 37.2 Å². The highest BCUT2D eigenvalue weighted by atomic mass is 16.5. The van der Waals surface area contributed by atoms with Gasteiger partial charge in [0, 0.05) is 5.41 Å². The summed E-state index contributed by atoms with van der Waals surface area (Å²) < 4.78 is 4.90. The maximum atomic E-state index is 10.4. The van der Waals surface area contributed by atoms with Gasteiger partial charge < -0.3 is 9.84 Å².